The number of hydrogen-bond donors (Lipinski definition) is 0. The Bertz CT molecular complexity index is 201. The van der Waals surface area contributed by atoms with Crippen molar-refractivity contribution in [3.63, 3.8) is 0 Å². The predicted molar refractivity (Wildman–Crippen MR) is 44.6 cm³/mol. The summed E-state index contributed by atoms with van der Waals surface area (Å²) < 4.78 is -0.245. The third kappa shape index (κ3) is 1.72. The van der Waals surface area contributed by atoms with Gasteiger partial charge in [-0.05, 0) is 11.6 Å². The summed E-state index contributed by atoms with van der Waals surface area (Å²) in [6.07, 6.45) is 1.47. The van der Waals surface area contributed by atoms with Gasteiger partial charge in [0.05, 0.1) is 0 Å². The van der Waals surface area contributed by atoms with Crippen molar-refractivity contribution in [1.82, 2.24) is 0 Å². The molecule has 9 heavy (non-hydrogen) atoms. The van der Waals surface area contributed by atoms with Crippen LogP contribution in [0.4, 0.5) is 0 Å². The summed E-state index contributed by atoms with van der Waals surface area (Å²) in [6.45, 7) is 0. The number of alkyl halides is 1. The molecule has 1 atom stereocenters. The Kier molecular flexibility index (Phi) is 2.18. The van der Waals surface area contributed by atoms with E-state index >= 15 is 0 Å². The molecule has 0 aromatic rings. The van der Waals surface area contributed by atoms with E-state index < -0.39 is 0 Å². The van der Waals surface area contributed by atoms with Crippen molar-refractivity contribution in [2.45, 2.75) is 3.92 Å². The van der Waals surface area contributed by atoms with Crippen LogP contribution in [0.2, 0.25) is 0 Å². The van der Waals surface area contributed by atoms with Crippen LogP contribution in [-0.2, 0) is 4.79 Å². The smallest absolute Gasteiger partial charge is 0.266 e. The van der Waals surface area contributed by atoms with E-state index in [1.807, 2.05) is 22.6 Å². The highest BCUT2D eigenvalue weighted by atomic mass is 127. The van der Waals surface area contributed by atoms with E-state index in [1.54, 1.807) is 0 Å². The minimum Gasteiger partial charge on any atom is -0.271 e. The molecule has 1 aliphatic heterocycles. The molecule has 0 radical (unpaired) electrons. The van der Waals surface area contributed by atoms with Crippen molar-refractivity contribution in [3.05, 3.63) is 0 Å². The van der Waals surface area contributed by atoms with Gasteiger partial charge in [-0.2, -0.15) is 4.99 Å². The number of amidine groups is 1. The maximum Gasteiger partial charge on any atom is 0.266 e. The molecule has 0 bridgehead atoms. The molecule has 48 valence electrons. The van der Waals surface area contributed by atoms with Crippen LogP contribution in [0.1, 0.15) is 0 Å². The highest BCUT2D eigenvalue weighted by Gasteiger charge is 2.15. The first-order valence-corrected chi connectivity index (χ1v) is 3.79. The first-order valence-electron chi connectivity index (χ1n) is 2.16. The molecule has 0 spiro atoms. The van der Waals surface area contributed by atoms with Gasteiger partial charge in [0.2, 0.25) is 5.29 Å². The molecule has 1 rings (SSSR count). The van der Waals surface area contributed by atoms with Crippen LogP contribution in [0, 0.1) is 0 Å². The highest BCUT2D eigenvalue weighted by Crippen LogP contribution is 2.06. The average molecular weight is 256 g/mol. The molecule has 0 fully saturated rings. The maximum absolute atomic E-state index is 10.6. The number of amides is 1. The zero-order valence-corrected chi connectivity index (χ0v) is 7.13. The Morgan fingerprint density at radius 1 is 1.78 bits per heavy atom. The van der Waals surface area contributed by atoms with Crippen molar-refractivity contribution in [1.29, 1.82) is 0 Å². The molecule has 0 saturated heterocycles. The highest BCUT2D eigenvalue weighted by molar-refractivity contribution is 14.1. The van der Waals surface area contributed by atoms with Gasteiger partial charge >= 0.3 is 0 Å². The molecule has 0 saturated carbocycles. The van der Waals surface area contributed by atoms with Gasteiger partial charge in [-0.1, -0.05) is 22.6 Å². The number of hydrogen-bond acceptors (Lipinski definition) is 2. The monoisotopic (exact) mass is 256 g/mol. The van der Waals surface area contributed by atoms with Crippen molar-refractivity contribution >= 4 is 51.6 Å². The molecule has 3 nitrogen and oxygen atoms in total. The summed E-state index contributed by atoms with van der Waals surface area (Å²) >= 11 is 7.23. The Morgan fingerprint density at radius 3 is 2.89 bits per heavy atom. The van der Waals surface area contributed by atoms with Crippen molar-refractivity contribution in [3.8, 4) is 0 Å². The first kappa shape index (κ1) is 7.14. The van der Waals surface area contributed by atoms with Gasteiger partial charge in [0, 0.05) is 6.21 Å². The lowest BCUT2D eigenvalue weighted by atomic mass is 10.4. The summed E-state index contributed by atoms with van der Waals surface area (Å²) in [5.41, 5.74) is 0. The van der Waals surface area contributed by atoms with Crippen LogP contribution in [-0.4, -0.2) is 21.3 Å². The zero-order valence-electron chi connectivity index (χ0n) is 4.21. The summed E-state index contributed by atoms with van der Waals surface area (Å²) in [6, 6.07) is 0. The van der Waals surface area contributed by atoms with Gasteiger partial charge in [-0.15, -0.1) is 0 Å². The minimum absolute atomic E-state index is 0.0212. The molecule has 1 amide bonds. The van der Waals surface area contributed by atoms with Crippen LogP contribution in [0.3, 0.4) is 0 Å². The van der Waals surface area contributed by atoms with E-state index in [4.69, 9.17) is 11.6 Å². The number of aliphatic imine (C=N–C) groups is 2. The summed E-state index contributed by atoms with van der Waals surface area (Å²) in [5, 5.41) is 0.0212. The standard InChI is InChI=1S/C4H2ClIN2O/c5-4-7-1-2(6)3(9)8-4/h1-2H. The van der Waals surface area contributed by atoms with Crippen molar-refractivity contribution in [2.75, 3.05) is 0 Å². The summed E-state index contributed by atoms with van der Waals surface area (Å²) in [7, 11) is 0. The first-order chi connectivity index (χ1) is 4.20. The van der Waals surface area contributed by atoms with Crippen molar-refractivity contribution < 1.29 is 4.79 Å². The van der Waals surface area contributed by atoms with E-state index in [-0.39, 0.29) is 15.1 Å². The molecule has 5 heteroatoms. The quantitative estimate of drug-likeness (QED) is 0.362. The van der Waals surface area contributed by atoms with E-state index in [1.165, 1.54) is 6.21 Å². The summed E-state index contributed by atoms with van der Waals surface area (Å²) in [4.78, 5) is 17.7. The molecular formula is C4H2ClIN2O. The van der Waals surface area contributed by atoms with E-state index in [2.05, 4.69) is 9.98 Å². The van der Waals surface area contributed by atoms with Crippen molar-refractivity contribution in [2.24, 2.45) is 9.98 Å². The van der Waals surface area contributed by atoms with Crippen LogP contribution in [0.15, 0.2) is 9.98 Å². The van der Waals surface area contributed by atoms with Gasteiger partial charge in [0.1, 0.15) is 3.92 Å². The number of rotatable bonds is 0. The van der Waals surface area contributed by atoms with Gasteiger partial charge < -0.3 is 0 Å². The Labute approximate surface area is 70.3 Å². The number of nitrogens with zero attached hydrogens (tertiary/aromatic N) is 2. The molecule has 0 aromatic carbocycles. The van der Waals surface area contributed by atoms with Crippen LogP contribution >= 0.6 is 34.2 Å². The normalized spacial score (nSPS) is 26.2. The lowest BCUT2D eigenvalue weighted by Gasteiger charge is -2.01. The molecule has 0 N–H and O–H groups in total. The molecule has 0 aliphatic carbocycles. The van der Waals surface area contributed by atoms with Gasteiger partial charge in [-0.3, -0.25) is 4.79 Å². The zero-order chi connectivity index (χ0) is 6.85. The lowest BCUT2D eigenvalue weighted by molar-refractivity contribution is -0.116. The Morgan fingerprint density at radius 2 is 2.44 bits per heavy atom. The Hall–Kier alpha value is 0.0300. The van der Waals surface area contributed by atoms with E-state index in [0.29, 0.717) is 0 Å². The van der Waals surface area contributed by atoms with Gasteiger partial charge in [0.15, 0.2) is 0 Å². The maximum atomic E-state index is 10.6. The predicted octanol–water partition coefficient (Wildman–Crippen LogP) is 0.996. The second kappa shape index (κ2) is 2.74. The SMILES string of the molecule is O=C1N=C(Cl)N=CC1I. The second-order valence-corrected chi connectivity index (χ2v) is 3.08. The molecule has 1 aliphatic rings. The number of carbonyl (C=O) groups excluding carboxylic acids is 1. The molecule has 1 heterocycles. The number of carbonyl (C=O) groups is 1. The fraction of sp³-hybridized carbons (Fsp3) is 0.250. The van der Waals surface area contributed by atoms with E-state index in [0.717, 1.165) is 0 Å². The molecular weight excluding hydrogens is 254 g/mol. The van der Waals surface area contributed by atoms with Crippen LogP contribution in [0.5, 0.6) is 0 Å². The molecule has 1 unspecified atom stereocenters. The third-order valence-electron chi connectivity index (χ3n) is 0.750. The van der Waals surface area contributed by atoms with Crippen LogP contribution in [0.25, 0.3) is 0 Å². The molecule has 0 aromatic heterocycles. The summed E-state index contributed by atoms with van der Waals surface area (Å²) in [5.74, 6) is -0.240. The largest absolute Gasteiger partial charge is 0.271 e. The fourth-order valence-electron chi connectivity index (χ4n) is 0.372. The third-order valence-corrected chi connectivity index (χ3v) is 1.79. The average Bonchev–Trinajstić information content (AvgIpc) is 1.80. The minimum atomic E-state index is -0.245. The topological polar surface area (TPSA) is 41.8 Å². The van der Waals surface area contributed by atoms with Gasteiger partial charge in [-0.25, -0.2) is 4.99 Å². The van der Waals surface area contributed by atoms with Crippen LogP contribution < -0.4 is 0 Å². The number of halogens is 2. The van der Waals surface area contributed by atoms with E-state index in [9.17, 15) is 4.79 Å². The second-order valence-electron chi connectivity index (χ2n) is 1.40. The van der Waals surface area contributed by atoms with Gasteiger partial charge in [0.25, 0.3) is 5.91 Å². The fourth-order valence-corrected chi connectivity index (χ4v) is 0.812. The lowest BCUT2D eigenvalue weighted by Crippen LogP contribution is -2.17. The Balaban J connectivity index is 2.82.